The van der Waals surface area contributed by atoms with Crippen LogP contribution < -0.4 is 44.8 Å². The SMILES string of the molecule is CNS(=O)(=O)c1ccc(C2=CCN3C(=O)c4cc(OC)c(OCc5cc(COc6cc7c(cc6OC)C(=O)N6CC=C(c8ccc(S(=O)(=O)NC)cc8)C[C@H]6C=N7)cc(NC(=O)[C@H](C)NC(=O)[C@@H](N)C(C)C)c5)cc4N=CC3C2)cc1. The zero-order valence-corrected chi connectivity index (χ0v) is 47.3. The molecule has 5 aromatic carbocycles. The van der Waals surface area contributed by atoms with E-state index < -0.39 is 56.0 Å². The Morgan fingerprint density at radius 1 is 0.630 bits per heavy atom. The number of nitrogens with zero attached hydrogens (tertiary/aromatic N) is 4. The Morgan fingerprint density at radius 2 is 1.06 bits per heavy atom. The average Bonchev–Trinajstić information content (AvgIpc) is 3.83. The van der Waals surface area contributed by atoms with E-state index in [0.29, 0.717) is 52.2 Å². The number of amides is 4. The number of methoxy groups -OCH3 is 2. The second-order valence-corrected chi connectivity index (χ2v) is 23.9. The van der Waals surface area contributed by atoms with Crippen LogP contribution in [0.2, 0.25) is 0 Å². The summed E-state index contributed by atoms with van der Waals surface area (Å²) >= 11 is 0. The number of ether oxygens (including phenoxy) is 4. The highest BCUT2D eigenvalue weighted by Gasteiger charge is 2.34. The summed E-state index contributed by atoms with van der Waals surface area (Å²) in [6.07, 6.45) is 8.22. The third kappa shape index (κ3) is 12.4. The Kier molecular flexibility index (Phi) is 16.9. The summed E-state index contributed by atoms with van der Waals surface area (Å²) in [7, 11) is -1.59. The van der Waals surface area contributed by atoms with Crippen molar-refractivity contribution in [1.29, 1.82) is 0 Å². The minimum atomic E-state index is -3.61. The Balaban J connectivity index is 0.945. The smallest absolute Gasteiger partial charge is 0.257 e. The van der Waals surface area contributed by atoms with E-state index in [1.54, 1.807) is 114 Å². The van der Waals surface area contributed by atoms with Gasteiger partial charge in [-0.1, -0.05) is 50.3 Å². The molecule has 424 valence electrons. The lowest BCUT2D eigenvalue weighted by molar-refractivity contribution is -0.127. The summed E-state index contributed by atoms with van der Waals surface area (Å²) in [6.45, 7) is 5.62. The van der Waals surface area contributed by atoms with Crippen LogP contribution in [0, 0.1) is 5.92 Å². The van der Waals surface area contributed by atoms with Crippen molar-refractivity contribution in [2.45, 2.75) is 80.8 Å². The number of sulfonamides is 2. The fraction of sp³-hybridized carbons (Fsp3) is 0.310. The highest BCUT2D eigenvalue weighted by atomic mass is 32.2. The molecule has 5 aromatic rings. The maximum absolute atomic E-state index is 14.2. The molecule has 4 atom stereocenters. The molecule has 0 saturated heterocycles. The Labute approximate surface area is 470 Å². The maximum atomic E-state index is 14.2. The number of carbonyl (C=O) groups excluding carboxylic acids is 4. The van der Waals surface area contributed by atoms with Crippen LogP contribution in [0.1, 0.15) is 76.6 Å². The highest BCUT2D eigenvalue weighted by Crippen LogP contribution is 2.41. The Bertz CT molecular complexity index is 3450. The molecule has 6 N–H and O–H groups in total. The lowest BCUT2D eigenvalue weighted by atomic mass is 9.94. The van der Waals surface area contributed by atoms with Crippen molar-refractivity contribution in [3.8, 4) is 23.0 Å². The molecular weight excluding hydrogens is 1080 g/mol. The number of anilines is 1. The van der Waals surface area contributed by atoms with E-state index in [0.717, 1.165) is 22.3 Å². The van der Waals surface area contributed by atoms with Crippen LogP contribution in [-0.2, 0) is 42.8 Å². The molecule has 0 aliphatic carbocycles. The summed E-state index contributed by atoms with van der Waals surface area (Å²) in [4.78, 5) is 68.1. The summed E-state index contributed by atoms with van der Waals surface area (Å²) in [5.74, 6) is -0.546. The monoisotopic (exact) mass is 1140 g/mol. The van der Waals surface area contributed by atoms with Gasteiger partial charge in [0.1, 0.15) is 19.3 Å². The predicted molar refractivity (Wildman–Crippen MR) is 307 cm³/mol. The first-order valence-corrected chi connectivity index (χ1v) is 29.0. The van der Waals surface area contributed by atoms with Gasteiger partial charge in [0.05, 0.1) is 64.6 Å². The molecule has 0 bridgehead atoms. The van der Waals surface area contributed by atoms with Crippen LogP contribution in [-0.4, -0.2) is 128 Å². The second-order valence-electron chi connectivity index (χ2n) is 20.1. The van der Waals surface area contributed by atoms with Crippen LogP contribution in [0.4, 0.5) is 17.1 Å². The van der Waals surface area contributed by atoms with Gasteiger partial charge in [0.2, 0.25) is 31.9 Å². The summed E-state index contributed by atoms with van der Waals surface area (Å²) in [6, 6.07) is 22.3. The lowest BCUT2D eigenvalue weighted by Gasteiger charge is -2.32. The predicted octanol–water partition coefficient (Wildman–Crippen LogP) is 6.13. The fourth-order valence-corrected chi connectivity index (χ4v) is 11.2. The third-order valence-corrected chi connectivity index (χ3v) is 17.4. The summed E-state index contributed by atoms with van der Waals surface area (Å²) < 4.78 is 78.4. The molecule has 4 heterocycles. The molecule has 0 spiro atoms. The van der Waals surface area contributed by atoms with Gasteiger partial charge in [-0.25, -0.2) is 26.3 Å². The van der Waals surface area contributed by atoms with Crippen molar-refractivity contribution in [3.63, 3.8) is 0 Å². The number of carbonyl (C=O) groups is 4. The standard InChI is InChI=1S/C58H63N9O12S2/c1-33(2)54(59)56(69)64-34(3)55(68)65-41-21-35(31-78-52-27-48-46(25-50(52)76-6)57(70)66-18-16-39(23-42(66)29-62-48)37-8-12-44(13-9-37)80(72,73)60-4)20-36(22-41)32-79-53-28-49-47(26-51(53)77-7)58(71)67-19-17-40(24-43(67)30-63-49)38-10-14-45(15-11-38)81(74,75)61-5/h8-17,20-22,25-30,33-34,42-43,54,60-61H,18-19,23-24,31-32,59H2,1-7H3,(H,64,69)(H,65,68)/t34-,42-,43?,54-/m0/s1. The number of benzene rings is 5. The number of aliphatic imine (C=N–C) groups is 2. The van der Waals surface area contributed by atoms with Crippen molar-refractivity contribution in [2.24, 2.45) is 21.6 Å². The van der Waals surface area contributed by atoms with E-state index >= 15 is 0 Å². The number of hydrogen-bond acceptors (Lipinski definition) is 15. The molecule has 0 saturated carbocycles. The fourth-order valence-electron chi connectivity index (χ4n) is 9.76. The highest BCUT2D eigenvalue weighted by molar-refractivity contribution is 7.89. The number of nitrogens with one attached hydrogen (secondary N) is 4. The summed E-state index contributed by atoms with van der Waals surface area (Å²) in [5, 5.41) is 5.59. The van der Waals surface area contributed by atoms with Crippen molar-refractivity contribution >= 4 is 84.3 Å². The van der Waals surface area contributed by atoms with E-state index in [2.05, 4.69) is 20.1 Å². The van der Waals surface area contributed by atoms with Crippen molar-refractivity contribution in [2.75, 3.05) is 46.7 Å². The van der Waals surface area contributed by atoms with Crippen LogP contribution in [0.25, 0.3) is 11.1 Å². The van der Waals surface area contributed by atoms with Gasteiger partial charge in [-0.05, 0) is 128 Å². The van der Waals surface area contributed by atoms with E-state index in [4.69, 9.17) is 34.7 Å². The minimum absolute atomic E-state index is 0.0632. The maximum Gasteiger partial charge on any atom is 0.257 e. The number of fused-ring (bicyclic) bond motifs is 4. The molecule has 4 aliphatic heterocycles. The van der Waals surface area contributed by atoms with Crippen molar-refractivity contribution in [1.82, 2.24) is 24.6 Å². The molecule has 9 rings (SSSR count). The molecule has 23 heteroatoms. The van der Waals surface area contributed by atoms with E-state index in [-0.39, 0.29) is 76.8 Å². The molecule has 0 aromatic heterocycles. The van der Waals surface area contributed by atoms with Crippen molar-refractivity contribution in [3.05, 3.63) is 137 Å². The van der Waals surface area contributed by atoms with Gasteiger partial charge in [-0.2, -0.15) is 0 Å². The van der Waals surface area contributed by atoms with E-state index in [1.165, 1.54) is 28.3 Å². The van der Waals surface area contributed by atoms with Crippen molar-refractivity contribution < 1.29 is 55.0 Å². The summed E-state index contributed by atoms with van der Waals surface area (Å²) in [5.41, 5.74) is 12.5. The van der Waals surface area contributed by atoms with Gasteiger partial charge in [-0.3, -0.25) is 29.2 Å². The minimum Gasteiger partial charge on any atom is -0.493 e. The Hall–Kier alpha value is -8.22. The topological polar surface area (TPSA) is 279 Å². The van der Waals surface area contributed by atoms with Crippen LogP contribution in [0.3, 0.4) is 0 Å². The van der Waals surface area contributed by atoms with E-state index in [9.17, 15) is 36.0 Å². The van der Waals surface area contributed by atoms with Gasteiger partial charge in [0.25, 0.3) is 11.8 Å². The molecular formula is C58H63N9O12S2. The molecule has 4 amide bonds. The number of nitrogens with two attached hydrogens (primary N) is 1. The molecule has 81 heavy (non-hydrogen) atoms. The molecule has 0 fully saturated rings. The van der Waals surface area contributed by atoms with Gasteiger partial charge in [0, 0.05) is 43.3 Å². The first kappa shape index (κ1) is 57.5. The molecule has 1 unspecified atom stereocenters. The van der Waals surface area contributed by atoms with Crippen LogP contribution in [0.5, 0.6) is 23.0 Å². The van der Waals surface area contributed by atoms with Gasteiger partial charge >= 0.3 is 0 Å². The van der Waals surface area contributed by atoms with Crippen LogP contribution >= 0.6 is 0 Å². The normalized spacial score (nSPS) is 17.5. The average molecular weight is 1140 g/mol. The van der Waals surface area contributed by atoms with Crippen LogP contribution in [0.15, 0.2) is 123 Å². The first-order chi connectivity index (χ1) is 38.7. The largest absolute Gasteiger partial charge is 0.493 e. The molecule has 4 aliphatic rings. The van der Waals surface area contributed by atoms with E-state index in [1.807, 2.05) is 32.1 Å². The lowest BCUT2D eigenvalue weighted by Crippen LogP contribution is -2.50. The second kappa shape index (κ2) is 23.9. The first-order valence-electron chi connectivity index (χ1n) is 26.1. The van der Waals surface area contributed by atoms with Gasteiger partial charge < -0.3 is 45.1 Å². The quantitative estimate of drug-likeness (QED) is 0.0623. The molecule has 21 nitrogen and oxygen atoms in total. The zero-order valence-electron chi connectivity index (χ0n) is 45.7. The van der Waals surface area contributed by atoms with Gasteiger partial charge in [-0.15, -0.1) is 0 Å². The number of rotatable bonds is 19. The third-order valence-electron chi connectivity index (χ3n) is 14.5. The Morgan fingerprint density at radius 3 is 1.46 bits per heavy atom. The van der Waals surface area contributed by atoms with Gasteiger partial charge in [0.15, 0.2) is 23.0 Å². The molecule has 0 radical (unpaired) electrons. The number of hydrogen-bond donors (Lipinski definition) is 5. The zero-order chi connectivity index (χ0) is 57.9.